The van der Waals surface area contributed by atoms with E-state index in [1.807, 2.05) is 11.6 Å². The summed E-state index contributed by atoms with van der Waals surface area (Å²) in [5, 5.41) is 18.5. The monoisotopic (exact) mass is 287 g/mol. The number of nitro groups is 1. The van der Waals surface area contributed by atoms with Crippen LogP contribution >= 0.6 is 0 Å². The summed E-state index contributed by atoms with van der Waals surface area (Å²) in [6.45, 7) is 2.83. The number of anilines is 1. The van der Waals surface area contributed by atoms with Gasteiger partial charge in [0.05, 0.1) is 11.5 Å². The van der Waals surface area contributed by atoms with Crippen LogP contribution in [-0.4, -0.2) is 25.7 Å². The highest BCUT2D eigenvalue weighted by molar-refractivity contribution is 5.49. The Morgan fingerprint density at radius 2 is 2.19 bits per heavy atom. The first-order chi connectivity index (χ1) is 10.2. The second-order valence-corrected chi connectivity index (χ2v) is 5.16. The quantitative estimate of drug-likeness (QED) is 0.688. The van der Waals surface area contributed by atoms with Crippen molar-refractivity contribution in [1.82, 2.24) is 14.8 Å². The van der Waals surface area contributed by atoms with Gasteiger partial charge in [-0.3, -0.25) is 10.1 Å². The molecule has 0 saturated carbocycles. The van der Waals surface area contributed by atoms with E-state index in [4.69, 9.17) is 0 Å². The number of aryl methyl sites for hydroxylation is 2. The van der Waals surface area contributed by atoms with Gasteiger partial charge in [-0.2, -0.15) is 5.10 Å². The zero-order chi connectivity index (χ0) is 14.8. The fourth-order valence-electron chi connectivity index (χ4n) is 2.54. The molecule has 110 valence electrons. The Labute approximate surface area is 122 Å². The topological polar surface area (TPSA) is 85.9 Å². The molecule has 3 rings (SSSR count). The standard InChI is InChI=1S/C14H17N5O2/c1-2-13-16-14-8-5-11(9-18(14)17-13)15-10-3-6-12(7-4-10)19(20)21/h3-4,6-7,11,15H,2,5,8-9H2,1H3. The molecule has 0 amide bonds. The third-order valence-electron chi connectivity index (χ3n) is 3.67. The predicted molar refractivity (Wildman–Crippen MR) is 78.2 cm³/mol. The highest BCUT2D eigenvalue weighted by atomic mass is 16.6. The summed E-state index contributed by atoms with van der Waals surface area (Å²) < 4.78 is 1.96. The molecule has 1 aliphatic rings. The summed E-state index contributed by atoms with van der Waals surface area (Å²) in [5.74, 6) is 1.94. The maximum absolute atomic E-state index is 10.6. The number of hydrogen-bond donors (Lipinski definition) is 1. The summed E-state index contributed by atoms with van der Waals surface area (Å²) in [6, 6.07) is 6.78. The second kappa shape index (κ2) is 5.51. The number of nitrogens with zero attached hydrogens (tertiary/aromatic N) is 4. The molecular weight excluding hydrogens is 270 g/mol. The highest BCUT2D eigenvalue weighted by Crippen LogP contribution is 2.20. The molecule has 21 heavy (non-hydrogen) atoms. The van der Waals surface area contributed by atoms with Crippen molar-refractivity contribution < 1.29 is 4.92 Å². The van der Waals surface area contributed by atoms with Gasteiger partial charge in [-0.25, -0.2) is 9.67 Å². The first-order valence-electron chi connectivity index (χ1n) is 7.09. The SMILES string of the molecule is CCc1nc2n(n1)CC(Nc1ccc([N+](=O)[O-])cc1)CC2. The molecule has 0 fully saturated rings. The van der Waals surface area contributed by atoms with E-state index < -0.39 is 4.92 Å². The number of non-ortho nitro benzene ring substituents is 1. The number of rotatable bonds is 4. The Bertz CT molecular complexity index is 650. The zero-order valence-corrected chi connectivity index (χ0v) is 11.8. The van der Waals surface area contributed by atoms with Gasteiger partial charge in [0, 0.05) is 36.7 Å². The summed E-state index contributed by atoms with van der Waals surface area (Å²) in [4.78, 5) is 14.7. The van der Waals surface area contributed by atoms with E-state index in [0.717, 1.165) is 43.1 Å². The third kappa shape index (κ3) is 2.86. The van der Waals surface area contributed by atoms with Gasteiger partial charge >= 0.3 is 0 Å². The minimum Gasteiger partial charge on any atom is -0.380 e. The Hall–Kier alpha value is -2.44. The van der Waals surface area contributed by atoms with Crippen molar-refractivity contribution in [3.63, 3.8) is 0 Å². The van der Waals surface area contributed by atoms with Gasteiger partial charge in [0.25, 0.3) is 5.69 Å². The van der Waals surface area contributed by atoms with E-state index >= 15 is 0 Å². The molecule has 0 bridgehead atoms. The molecular formula is C14H17N5O2. The van der Waals surface area contributed by atoms with Crippen LogP contribution in [-0.2, 0) is 19.4 Å². The number of benzene rings is 1. The van der Waals surface area contributed by atoms with E-state index in [2.05, 4.69) is 15.4 Å². The largest absolute Gasteiger partial charge is 0.380 e. The van der Waals surface area contributed by atoms with Crippen LogP contribution in [0.25, 0.3) is 0 Å². The van der Waals surface area contributed by atoms with Crippen LogP contribution in [0.4, 0.5) is 11.4 Å². The molecule has 0 saturated heterocycles. The zero-order valence-electron chi connectivity index (χ0n) is 11.8. The lowest BCUT2D eigenvalue weighted by Crippen LogP contribution is -2.31. The average molecular weight is 287 g/mol. The van der Waals surface area contributed by atoms with Crippen molar-refractivity contribution in [2.45, 2.75) is 38.8 Å². The van der Waals surface area contributed by atoms with E-state index in [0.29, 0.717) is 0 Å². The van der Waals surface area contributed by atoms with E-state index in [1.165, 1.54) is 12.1 Å². The lowest BCUT2D eigenvalue weighted by Gasteiger charge is -2.24. The maximum Gasteiger partial charge on any atom is 0.269 e. The van der Waals surface area contributed by atoms with Crippen molar-refractivity contribution in [3.8, 4) is 0 Å². The highest BCUT2D eigenvalue weighted by Gasteiger charge is 2.21. The smallest absolute Gasteiger partial charge is 0.269 e. The lowest BCUT2D eigenvalue weighted by molar-refractivity contribution is -0.384. The molecule has 1 N–H and O–H groups in total. The molecule has 0 radical (unpaired) electrons. The summed E-state index contributed by atoms with van der Waals surface area (Å²) in [7, 11) is 0. The van der Waals surface area contributed by atoms with Crippen LogP contribution in [0.2, 0.25) is 0 Å². The van der Waals surface area contributed by atoms with E-state index in [1.54, 1.807) is 12.1 Å². The first-order valence-corrected chi connectivity index (χ1v) is 7.09. The Kier molecular flexibility index (Phi) is 3.55. The number of hydrogen-bond acceptors (Lipinski definition) is 5. The van der Waals surface area contributed by atoms with Crippen LogP contribution in [0, 0.1) is 10.1 Å². The maximum atomic E-state index is 10.6. The lowest BCUT2D eigenvalue weighted by atomic mass is 10.1. The normalized spacial score (nSPS) is 17.3. The van der Waals surface area contributed by atoms with Crippen LogP contribution in [0.3, 0.4) is 0 Å². The number of aromatic nitrogens is 3. The van der Waals surface area contributed by atoms with Gasteiger partial charge in [-0.15, -0.1) is 0 Å². The number of nitro benzene ring substituents is 1. The molecule has 7 heteroatoms. The molecule has 2 heterocycles. The van der Waals surface area contributed by atoms with Crippen molar-refractivity contribution >= 4 is 11.4 Å². The fraction of sp³-hybridized carbons (Fsp3) is 0.429. The van der Waals surface area contributed by atoms with E-state index in [9.17, 15) is 10.1 Å². The van der Waals surface area contributed by atoms with Crippen molar-refractivity contribution in [2.75, 3.05) is 5.32 Å². The van der Waals surface area contributed by atoms with Gasteiger partial charge in [0.1, 0.15) is 5.82 Å². The minimum atomic E-state index is -0.391. The predicted octanol–water partition coefficient (Wildman–Crippen LogP) is 2.18. The van der Waals surface area contributed by atoms with Crippen LogP contribution in [0.1, 0.15) is 25.0 Å². The summed E-state index contributed by atoms with van der Waals surface area (Å²) >= 11 is 0. The molecule has 1 aliphatic heterocycles. The summed E-state index contributed by atoms with van der Waals surface area (Å²) in [6.07, 6.45) is 2.73. The molecule has 1 unspecified atom stereocenters. The molecule has 1 aromatic carbocycles. The second-order valence-electron chi connectivity index (χ2n) is 5.16. The van der Waals surface area contributed by atoms with Crippen LogP contribution in [0.5, 0.6) is 0 Å². The molecule has 2 aromatic rings. The molecule has 7 nitrogen and oxygen atoms in total. The van der Waals surface area contributed by atoms with Crippen molar-refractivity contribution in [2.24, 2.45) is 0 Å². The van der Waals surface area contributed by atoms with Gasteiger partial charge < -0.3 is 5.32 Å². The van der Waals surface area contributed by atoms with Crippen molar-refractivity contribution in [1.29, 1.82) is 0 Å². The molecule has 1 atom stereocenters. The third-order valence-corrected chi connectivity index (χ3v) is 3.67. The fourth-order valence-corrected chi connectivity index (χ4v) is 2.54. The number of nitrogens with one attached hydrogen (secondary N) is 1. The van der Waals surface area contributed by atoms with Crippen LogP contribution in [0.15, 0.2) is 24.3 Å². The Morgan fingerprint density at radius 3 is 2.86 bits per heavy atom. The van der Waals surface area contributed by atoms with Crippen molar-refractivity contribution in [3.05, 3.63) is 46.0 Å². The number of fused-ring (bicyclic) bond motifs is 1. The van der Waals surface area contributed by atoms with Gasteiger partial charge in [-0.1, -0.05) is 6.92 Å². The van der Waals surface area contributed by atoms with Crippen LogP contribution < -0.4 is 5.32 Å². The Balaban J connectivity index is 1.67. The molecule has 0 spiro atoms. The Morgan fingerprint density at radius 1 is 1.43 bits per heavy atom. The average Bonchev–Trinajstić information content (AvgIpc) is 2.90. The molecule has 1 aromatic heterocycles. The first kappa shape index (κ1) is 13.5. The summed E-state index contributed by atoms with van der Waals surface area (Å²) in [5.41, 5.74) is 1.00. The van der Waals surface area contributed by atoms with Gasteiger partial charge in [0.2, 0.25) is 0 Å². The minimum absolute atomic E-state index is 0.107. The molecule has 0 aliphatic carbocycles. The van der Waals surface area contributed by atoms with E-state index in [-0.39, 0.29) is 11.7 Å². The van der Waals surface area contributed by atoms with Gasteiger partial charge in [0.15, 0.2) is 5.82 Å². The van der Waals surface area contributed by atoms with Gasteiger partial charge in [-0.05, 0) is 18.6 Å².